The SMILES string of the molecule is CCc1cccc2c(CBr)c3c(nc12)CCC3. The molecule has 1 aliphatic rings. The Morgan fingerprint density at radius 1 is 1.29 bits per heavy atom. The number of alkyl halides is 1. The van der Waals surface area contributed by atoms with Crippen LogP contribution in [0.4, 0.5) is 0 Å². The normalized spacial score (nSPS) is 14.2. The number of aromatic nitrogens is 1. The van der Waals surface area contributed by atoms with Gasteiger partial charge < -0.3 is 0 Å². The summed E-state index contributed by atoms with van der Waals surface area (Å²) in [5, 5.41) is 2.29. The number of halogens is 1. The van der Waals surface area contributed by atoms with Crippen molar-refractivity contribution in [1.82, 2.24) is 4.98 Å². The average molecular weight is 290 g/mol. The third-order valence-corrected chi connectivity index (χ3v) is 4.32. The Morgan fingerprint density at radius 3 is 2.94 bits per heavy atom. The largest absolute Gasteiger partial charge is 0.252 e. The summed E-state index contributed by atoms with van der Waals surface area (Å²) in [7, 11) is 0. The summed E-state index contributed by atoms with van der Waals surface area (Å²) in [6.07, 6.45) is 4.68. The van der Waals surface area contributed by atoms with Gasteiger partial charge in [0, 0.05) is 16.4 Å². The second kappa shape index (κ2) is 4.41. The molecule has 0 spiro atoms. The highest BCUT2D eigenvalue weighted by Gasteiger charge is 2.19. The van der Waals surface area contributed by atoms with Gasteiger partial charge >= 0.3 is 0 Å². The van der Waals surface area contributed by atoms with Crippen LogP contribution in [0.5, 0.6) is 0 Å². The monoisotopic (exact) mass is 289 g/mol. The molecule has 1 nitrogen and oxygen atoms in total. The summed E-state index contributed by atoms with van der Waals surface area (Å²) < 4.78 is 0. The van der Waals surface area contributed by atoms with Crippen molar-refractivity contribution in [2.24, 2.45) is 0 Å². The summed E-state index contributed by atoms with van der Waals surface area (Å²) in [5.74, 6) is 0. The van der Waals surface area contributed by atoms with Crippen molar-refractivity contribution < 1.29 is 0 Å². The molecule has 1 aromatic heterocycles. The molecule has 3 rings (SSSR count). The Hall–Kier alpha value is -0.890. The summed E-state index contributed by atoms with van der Waals surface area (Å²) in [5.41, 5.74) is 6.91. The van der Waals surface area contributed by atoms with Crippen LogP contribution in [0.3, 0.4) is 0 Å². The molecular weight excluding hydrogens is 274 g/mol. The van der Waals surface area contributed by atoms with Gasteiger partial charge in [-0.05, 0) is 42.4 Å². The van der Waals surface area contributed by atoms with E-state index in [1.165, 1.54) is 46.1 Å². The predicted molar refractivity (Wildman–Crippen MR) is 75.8 cm³/mol. The van der Waals surface area contributed by atoms with Gasteiger partial charge in [0.1, 0.15) is 0 Å². The van der Waals surface area contributed by atoms with Gasteiger partial charge in [0.25, 0.3) is 0 Å². The Bertz CT molecular complexity index is 575. The molecule has 1 aromatic carbocycles. The third kappa shape index (κ3) is 1.70. The molecule has 17 heavy (non-hydrogen) atoms. The minimum absolute atomic E-state index is 0.946. The molecule has 2 heteroatoms. The van der Waals surface area contributed by atoms with Gasteiger partial charge in [0.2, 0.25) is 0 Å². The molecule has 0 saturated carbocycles. The Labute approximate surface area is 110 Å². The fourth-order valence-corrected chi connectivity index (χ4v) is 3.52. The van der Waals surface area contributed by atoms with Gasteiger partial charge in [0.05, 0.1) is 5.52 Å². The lowest BCUT2D eigenvalue weighted by Crippen LogP contribution is -1.99. The average Bonchev–Trinajstić information content (AvgIpc) is 2.82. The zero-order valence-electron chi connectivity index (χ0n) is 10.1. The molecule has 2 aromatic rings. The first-order valence-electron chi connectivity index (χ1n) is 6.33. The quantitative estimate of drug-likeness (QED) is 0.756. The molecule has 0 saturated heterocycles. The van der Waals surface area contributed by atoms with Crippen LogP contribution in [-0.2, 0) is 24.6 Å². The van der Waals surface area contributed by atoms with E-state index in [1.54, 1.807) is 0 Å². The van der Waals surface area contributed by atoms with Crippen LogP contribution in [0.25, 0.3) is 10.9 Å². The third-order valence-electron chi connectivity index (χ3n) is 3.76. The Kier molecular flexibility index (Phi) is 2.91. The van der Waals surface area contributed by atoms with Crippen molar-refractivity contribution in [3.05, 3.63) is 40.6 Å². The van der Waals surface area contributed by atoms with Crippen molar-refractivity contribution in [2.75, 3.05) is 0 Å². The molecule has 0 radical (unpaired) electrons. The zero-order chi connectivity index (χ0) is 11.8. The first-order valence-corrected chi connectivity index (χ1v) is 7.45. The smallest absolute Gasteiger partial charge is 0.0740 e. The first-order chi connectivity index (χ1) is 8.35. The number of nitrogens with zero attached hydrogens (tertiary/aromatic N) is 1. The van der Waals surface area contributed by atoms with Crippen molar-refractivity contribution in [3.8, 4) is 0 Å². The number of aryl methyl sites for hydroxylation is 2. The van der Waals surface area contributed by atoms with E-state index in [0.717, 1.165) is 18.2 Å². The zero-order valence-corrected chi connectivity index (χ0v) is 11.7. The van der Waals surface area contributed by atoms with E-state index < -0.39 is 0 Å². The highest BCUT2D eigenvalue weighted by Crippen LogP contribution is 2.32. The van der Waals surface area contributed by atoms with E-state index in [4.69, 9.17) is 4.98 Å². The van der Waals surface area contributed by atoms with E-state index in [0.29, 0.717) is 0 Å². The lowest BCUT2D eigenvalue weighted by molar-refractivity contribution is 0.899. The molecule has 0 aliphatic heterocycles. The van der Waals surface area contributed by atoms with E-state index >= 15 is 0 Å². The molecular formula is C15H16BrN. The minimum atomic E-state index is 0.946. The van der Waals surface area contributed by atoms with E-state index in [9.17, 15) is 0 Å². The maximum Gasteiger partial charge on any atom is 0.0740 e. The van der Waals surface area contributed by atoms with E-state index in [2.05, 4.69) is 41.1 Å². The minimum Gasteiger partial charge on any atom is -0.252 e. The van der Waals surface area contributed by atoms with E-state index in [-0.39, 0.29) is 0 Å². The van der Waals surface area contributed by atoms with E-state index in [1.807, 2.05) is 0 Å². The number of hydrogen-bond acceptors (Lipinski definition) is 1. The first kappa shape index (κ1) is 11.2. The summed E-state index contributed by atoms with van der Waals surface area (Å²) in [6.45, 7) is 2.21. The van der Waals surface area contributed by atoms with Gasteiger partial charge in [-0.1, -0.05) is 41.1 Å². The van der Waals surface area contributed by atoms with Crippen LogP contribution in [0.2, 0.25) is 0 Å². The number of benzene rings is 1. The lowest BCUT2D eigenvalue weighted by Gasteiger charge is -2.12. The van der Waals surface area contributed by atoms with Crippen molar-refractivity contribution in [2.45, 2.75) is 37.9 Å². The van der Waals surface area contributed by atoms with Crippen LogP contribution >= 0.6 is 15.9 Å². The highest BCUT2D eigenvalue weighted by molar-refractivity contribution is 9.08. The Balaban J connectivity index is 2.40. The maximum atomic E-state index is 4.91. The maximum absolute atomic E-state index is 4.91. The van der Waals surface area contributed by atoms with Crippen molar-refractivity contribution in [1.29, 1.82) is 0 Å². The molecule has 0 N–H and O–H groups in total. The fourth-order valence-electron chi connectivity index (χ4n) is 2.88. The summed E-state index contributed by atoms with van der Waals surface area (Å²) in [4.78, 5) is 4.91. The molecule has 1 aliphatic carbocycles. The van der Waals surface area contributed by atoms with Crippen LogP contribution in [-0.4, -0.2) is 4.98 Å². The number of hydrogen-bond donors (Lipinski definition) is 0. The number of rotatable bonds is 2. The summed E-state index contributed by atoms with van der Waals surface area (Å²) in [6, 6.07) is 6.59. The van der Waals surface area contributed by atoms with Crippen molar-refractivity contribution >= 4 is 26.8 Å². The summed E-state index contributed by atoms with van der Waals surface area (Å²) >= 11 is 3.65. The number of pyridine rings is 1. The molecule has 0 amide bonds. The topological polar surface area (TPSA) is 12.9 Å². The van der Waals surface area contributed by atoms with Crippen LogP contribution < -0.4 is 0 Å². The van der Waals surface area contributed by atoms with Gasteiger partial charge in [0.15, 0.2) is 0 Å². The highest BCUT2D eigenvalue weighted by atomic mass is 79.9. The van der Waals surface area contributed by atoms with Gasteiger partial charge in [-0.3, -0.25) is 4.98 Å². The number of fused-ring (bicyclic) bond motifs is 2. The predicted octanol–water partition coefficient (Wildman–Crippen LogP) is 4.18. The molecule has 0 bridgehead atoms. The standard InChI is InChI=1S/C15H16BrN/c1-2-10-5-3-7-12-13(9-16)11-6-4-8-14(11)17-15(10)12/h3,5,7H,2,4,6,8-9H2,1H3. The number of para-hydroxylation sites is 1. The molecule has 0 unspecified atom stereocenters. The molecule has 1 heterocycles. The van der Waals surface area contributed by atoms with Crippen LogP contribution in [0.1, 0.15) is 35.7 Å². The van der Waals surface area contributed by atoms with Gasteiger partial charge in [-0.25, -0.2) is 0 Å². The van der Waals surface area contributed by atoms with Crippen LogP contribution in [0, 0.1) is 0 Å². The van der Waals surface area contributed by atoms with Gasteiger partial charge in [-0.2, -0.15) is 0 Å². The molecule has 0 atom stereocenters. The molecule has 0 fully saturated rings. The lowest BCUT2D eigenvalue weighted by atomic mass is 9.99. The second-order valence-electron chi connectivity index (χ2n) is 4.67. The second-order valence-corrected chi connectivity index (χ2v) is 5.23. The van der Waals surface area contributed by atoms with Crippen LogP contribution in [0.15, 0.2) is 18.2 Å². The molecule has 88 valence electrons. The van der Waals surface area contributed by atoms with Gasteiger partial charge in [-0.15, -0.1) is 0 Å². The van der Waals surface area contributed by atoms with Crippen molar-refractivity contribution in [3.63, 3.8) is 0 Å². The Morgan fingerprint density at radius 2 is 2.18 bits per heavy atom. The fraction of sp³-hybridized carbons (Fsp3) is 0.400.